The Hall–Kier alpha value is -3.05. The Morgan fingerprint density at radius 1 is 1.06 bits per heavy atom. The maximum Gasteiger partial charge on any atom is 0.316 e. The molecule has 0 aliphatic carbocycles. The summed E-state index contributed by atoms with van der Waals surface area (Å²) < 4.78 is 10.4. The molecule has 0 aromatic carbocycles. The summed E-state index contributed by atoms with van der Waals surface area (Å²) in [5.74, 6) is -2.98. The second-order valence-corrected chi connectivity index (χ2v) is 7.32. The van der Waals surface area contributed by atoms with Crippen LogP contribution >= 0.6 is 0 Å². The summed E-state index contributed by atoms with van der Waals surface area (Å²) in [5, 5.41) is 28.7. The van der Waals surface area contributed by atoms with E-state index in [1.165, 1.54) is 6.92 Å². The van der Waals surface area contributed by atoms with Crippen LogP contribution in [0.15, 0.2) is 0 Å². The first-order chi connectivity index (χ1) is 16.1. The largest absolute Gasteiger partial charge is 0.394 e. The highest BCUT2D eigenvalue weighted by Crippen LogP contribution is 1.95. The number of aliphatic hydroxyl groups is 2. The minimum absolute atomic E-state index is 0.0631. The van der Waals surface area contributed by atoms with Crippen molar-refractivity contribution < 1.29 is 43.7 Å². The molecule has 0 aromatic heterocycles. The van der Waals surface area contributed by atoms with Crippen molar-refractivity contribution in [3.05, 3.63) is 0 Å². The van der Waals surface area contributed by atoms with E-state index in [2.05, 4.69) is 32.1 Å². The Bertz CT molecular complexity index is 707. The number of nitrogens with two attached hydrogens (primary N) is 1. The fraction of sp³-hybridized carbons (Fsp3) is 0.722. The smallest absolute Gasteiger partial charge is 0.316 e. The molecule has 6 amide bonds. The van der Waals surface area contributed by atoms with E-state index in [1.54, 1.807) is 0 Å². The Morgan fingerprint density at radius 2 is 1.74 bits per heavy atom. The van der Waals surface area contributed by atoms with Crippen LogP contribution in [-0.4, -0.2) is 110 Å². The van der Waals surface area contributed by atoms with Crippen LogP contribution in [0, 0.1) is 0 Å². The van der Waals surface area contributed by atoms with Crippen molar-refractivity contribution in [1.82, 2.24) is 32.1 Å². The summed E-state index contributed by atoms with van der Waals surface area (Å²) >= 11 is 0. The number of amides is 6. The average molecular weight is 492 g/mol. The van der Waals surface area contributed by atoms with Gasteiger partial charge >= 0.3 is 6.03 Å². The number of nitrogens with one attached hydrogen (secondary N) is 6. The van der Waals surface area contributed by atoms with Crippen molar-refractivity contribution >= 4 is 29.7 Å². The zero-order valence-corrected chi connectivity index (χ0v) is 18.8. The lowest BCUT2D eigenvalue weighted by Gasteiger charge is -2.23. The molecule has 0 saturated carbocycles. The second-order valence-electron chi connectivity index (χ2n) is 7.32. The molecule has 194 valence electrons. The minimum atomic E-state index is -1.43. The van der Waals surface area contributed by atoms with Gasteiger partial charge in [0.2, 0.25) is 17.7 Å². The number of carbonyl (C=O) groups excluding carboxylic acids is 5. The van der Waals surface area contributed by atoms with E-state index in [1.807, 2.05) is 0 Å². The van der Waals surface area contributed by atoms with Crippen molar-refractivity contribution in [1.29, 1.82) is 0 Å². The van der Waals surface area contributed by atoms with Crippen LogP contribution < -0.4 is 37.9 Å². The number of rotatable bonds is 4. The molecule has 0 radical (unpaired) electrons. The molecular formula is C18H33N7O9. The Balaban J connectivity index is 2.89. The SMILES string of the molecule is C[C@H](O)C1CNNC(=O)[C@@H](CC(N)=O)NC(=O)N[C@H](CO)C(=O)NCCOCCOCC(=O)N1. The lowest BCUT2D eigenvalue weighted by molar-refractivity contribution is -0.128. The van der Waals surface area contributed by atoms with E-state index < -0.39 is 66.9 Å². The van der Waals surface area contributed by atoms with Gasteiger partial charge in [0.25, 0.3) is 5.91 Å². The molecule has 16 heteroatoms. The van der Waals surface area contributed by atoms with Crippen LogP contribution in [0.1, 0.15) is 13.3 Å². The molecule has 0 aromatic rings. The number of hydrogen-bond acceptors (Lipinski definition) is 10. The highest BCUT2D eigenvalue weighted by molar-refractivity contribution is 5.92. The topological polar surface area (TPSA) is 242 Å². The third-order valence-electron chi connectivity index (χ3n) is 4.44. The fourth-order valence-corrected chi connectivity index (χ4v) is 2.64. The number of hydrazine groups is 1. The van der Waals surface area contributed by atoms with Crippen molar-refractivity contribution in [3.8, 4) is 0 Å². The standard InChI is InChI=1S/C18H33N7O9/c1-10(27)12-7-21-25-17(31)11(6-14(19)28)23-18(32)24-13(8-26)16(30)20-2-3-33-4-5-34-9-15(29)22-12/h10-13,21,26-27H,2-9H2,1H3,(H2,19,28)(H,20,30)(H,22,29)(H,25,31)(H2,23,24,32)/t10-,11+,12?,13+/m0/s1. The maximum atomic E-state index is 12.4. The molecule has 16 nitrogen and oxygen atoms in total. The highest BCUT2D eigenvalue weighted by atomic mass is 16.5. The van der Waals surface area contributed by atoms with Gasteiger partial charge in [-0.15, -0.1) is 0 Å². The summed E-state index contributed by atoms with van der Waals surface area (Å²) in [5.41, 5.74) is 9.88. The zero-order valence-electron chi connectivity index (χ0n) is 18.8. The number of urea groups is 1. The fourth-order valence-electron chi connectivity index (χ4n) is 2.64. The lowest BCUT2D eigenvalue weighted by atomic mass is 10.2. The maximum absolute atomic E-state index is 12.4. The number of aliphatic hydroxyl groups excluding tert-OH is 2. The number of primary amides is 1. The monoisotopic (exact) mass is 491 g/mol. The van der Waals surface area contributed by atoms with Crippen molar-refractivity contribution in [3.63, 3.8) is 0 Å². The first-order valence-electron chi connectivity index (χ1n) is 10.5. The van der Waals surface area contributed by atoms with Gasteiger partial charge in [-0.2, -0.15) is 0 Å². The third kappa shape index (κ3) is 11.7. The van der Waals surface area contributed by atoms with Crippen LogP contribution in [0.5, 0.6) is 0 Å². The molecule has 0 spiro atoms. The molecule has 1 fully saturated rings. The molecule has 1 heterocycles. The average Bonchev–Trinajstić information content (AvgIpc) is 2.76. The van der Waals surface area contributed by atoms with Gasteiger partial charge in [0.1, 0.15) is 18.7 Å². The minimum Gasteiger partial charge on any atom is -0.394 e. The van der Waals surface area contributed by atoms with Crippen LogP contribution in [-0.2, 0) is 28.7 Å². The van der Waals surface area contributed by atoms with Crippen LogP contribution in [0.2, 0.25) is 0 Å². The van der Waals surface area contributed by atoms with Crippen LogP contribution in [0.25, 0.3) is 0 Å². The zero-order chi connectivity index (χ0) is 25.5. The van der Waals surface area contributed by atoms with Gasteiger partial charge in [-0.25, -0.2) is 10.2 Å². The Kier molecular flexibility index (Phi) is 13.4. The molecule has 10 N–H and O–H groups in total. The normalized spacial score (nSPS) is 25.9. The van der Waals surface area contributed by atoms with Gasteiger partial charge in [0.15, 0.2) is 0 Å². The molecule has 1 saturated heterocycles. The summed E-state index contributed by atoms with van der Waals surface area (Å²) in [6.07, 6.45) is -1.56. The molecule has 4 atom stereocenters. The van der Waals surface area contributed by atoms with Crippen LogP contribution in [0.3, 0.4) is 0 Å². The van der Waals surface area contributed by atoms with Crippen molar-refractivity contribution in [2.75, 3.05) is 46.1 Å². The van der Waals surface area contributed by atoms with Crippen LogP contribution in [0.4, 0.5) is 4.79 Å². The van der Waals surface area contributed by atoms with E-state index in [4.69, 9.17) is 15.2 Å². The summed E-state index contributed by atoms with van der Waals surface area (Å²) in [4.78, 5) is 60.1. The molecule has 34 heavy (non-hydrogen) atoms. The number of ether oxygens (including phenoxy) is 2. The number of hydrogen-bond donors (Lipinski definition) is 9. The third-order valence-corrected chi connectivity index (χ3v) is 4.44. The van der Waals surface area contributed by atoms with Gasteiger partial charge in [-0.1, -0.05) is 0 Å². The van der Waals surface area contributed by atoms with Gasteiger partial charge in [-0.05, 0) is 6.92 Å². The van der Waals surface area contributed by atoms with Crippen molar-refractivity contribution in [2.24, 2.45) is 5.73 Å². The Labute approximate surface area is 195 Å². The predicted molar refractivity (Wildman–Crippen MR) is 115 cm³/mol. The lowest BCUT2D eigenvalue weighted by Crippen LogP contribution is -2.59. The number of carbonyl (C=O) groups is 5. The second kappa shape index (κ2) is 15.7. The van der Waals surface area contributed by atoms with E-state index in [0.717, 1.165) is 0 Å². The molecule has 1 unspecified atom stereocenters. The molecule has 1 aliphatic heterocycles. The summed E-state index contributed by atoms with van der Waals surface area (Å²) in [7, 11) is 0. The van der Waals surface area contributed by atoms with Gasteiger partial charge in [0, 0.05) is 13.1 Å². The first-order valence-corrected chi connectivity index (χ1v) is 10.5. The molecular weight excluding hydrogens is 458 g/mol. The van der Waals surface area contributed by atoms with Gasteiger partial charge in [0.05, 0.1) is 45.0 Å². The highest BCUT2D eigenvalue weighted by Gasteiger charge is 2.26. The Morgan fingerprint density at radius 3 is 2.38 bits per heavy atom. The summed E-state index contributed by atoms with van der Waals surface area (Å²) in [6.45, 7) is 0.686. The first kappa shape index (κ1) is 29.0. The molecule has 1 aliphatic rings. The van der Waals surface area contributed by atoms with E-state index >= 15 is 0 Å². The van der Waals surface area contributed by atoms with E-state index in [-0.39, 0.29) is 39.5 Å². The predicted octanol–water partition coefficient (Wildman–Crippen LogP) is -5.46. The van der Waals surface area contributed by atoms with E-state index in [0.29, 0.717) is 0 Å². The quantitative estimate of drug-likeness (QED) is 0.181. The summed E-state index contributed by atoms with van der Waals surface area (Å²) in [6, 6.07) is -4.58. The van der Waals surface area contributed by atoms with Crippen molar-refractivity contribution in [2.45, 2.75) is 37.6 Å². The van der Waals surface area contributed by atoms with E-state index in [9.17, 15) is 34.2 Å². The molecule has 0 bridgehead atoms. The molecule has 1 rings (SSSR count). The van der Waals surface area contributed by atoms with Gasteiger partial charge < -0.3 is 46.7 Å². The van der Waals surface area contributed by atoms with Gasteiger partial charge in [-0.3, -0.25) is 24.6 Å².